The van der Waals surface area contributed by atoms with E-state index in [0.717, 1.165) is 17.6 Å². The molecular formula is C14H14NO3-. The van der Waals surface area contributed by atoms with Crippen LogP contribution in [0.25, 0.3) is 6.08 Å². The number of carbonyl (C=O) groups excluding carboxylic acids is 1. The molecule has 0 spiro atoms. The predicted octanol–water partition coefficient (Wildman–Crippen LogP) is 2.10. The number of hydrogen-bond donors (Lipinski definition) is 0. The first-order valence-electron chi connectivity index (χ1n) is 5.63. The van der Waals surface area contributed by atoms with E-state index in [1.165, 1.54) is 0 Å². The Morgan fingerprint density at radius 2 is 2.33 bits per heavy atom. The summed E-state index contributed by atoms with van der Waals surface area (Å²) in [7, 11) is 0. The maximum Gasteiger partial charge on any atom is 0.251 e. The van der Waals surface area contributed by atoms with Gasteiger partial charge in [-0.3, -0.25) is 0 Å². The molecule has 1 aromatic rings. The molecule has 0 heterocycles. The standard InChI is InChI=1S/C14H15NO3/c1-11(4-3-7-18-14(16)17)8-12-5-2-6-13(9-12)10-15/h2,5-6,8-9H,3-4,7H2,1H3,(H,16,17)/p-1/b11-8+. The van der Waals surface area contributed by atoms with Crippen LogP contribution in [0.5, 0.6) is 0 Å². The highest BCUT2D eigenvalue weighted by atomic mass is 16.7. The number of nitriles is 1. The molecule has 0 aliphatic heterocycles. The van der Waals surface area contributed by atoms with Crippen molar-refractivity contribution in [3.05, 3.63) is 41.0 Å². The molecule has 0 aliphatic carbocycles. The summed E-state index contributed by atoms with van der Waals surface area (Å²) >= 11 is 0. The second-order valence-electron chi connectivity index (χ2n) is 3.93. The minimum atomic E-state index is -1.49. The zero-order valence-corrected chi connectivity index (χ0v) is 10.2. The van der Waals surface area contributed by atoms with Crippen molar-refractivity contribution in [1.82, 2.24) is 0 Å². The first-order valence-corrected chi connectivity index (χ1v) is 5.63. The Labute approximate surface area is 106 Å². The van der Waals surface area contributed by atoms with E-state index in [9.17, 15) is 9.90 Å². The molecule has 0 unspecified atom stereocenters. The third kappa shape index (κ3) is 5.17. The zero-order valence-electron chi connectivity index (χ0n) is 10.2. The Morgan fingerprint density at radius 1 is 1.56 bits per heavy atom. The fraction of sp³-hybridized carbons (Fsp3) is 0.286. The number of hydrogen-bond acceptors (Lipinski definition) is 4. The van der Waals surface area contributed by atoms with E-state index in [0.29, 0.717) is 12.0 Å². The van der Waals surface area contributed by atoms with Crippen LogP contribution in [-0.2, 0) is 4.74 Å². The first kappa shape index (κ1) is 13.8. The van der Waals surface area contributed by atoms with Gasteiger partial charge in [0.05, 0.1) is 11.6 Å². The van der Waals surface area contributed by atoms with Crippen LogP contribution in [0.2, 0.25) is 0 Å². The van der Waals surface area contributed by atoms with Crippen LogP contribution in [-0.4, -0.2) is 12.8 Å². The summed E-state index contributed by atoms with van der Waals surface area (Å²) in [5, 5.41) is 18.8. The number of allylic oxidation sites excluding steroid dienone is 1. The molecule has 0 aliphatic rings. The molecule has 0 radical (unpaired) electrons. The zero-order chi connectivity index (χ0) is 13.4. The van der Waals surface area contributed by atoms with Crippen molar-refractivity contribution >= 4 is 12.2 Å². The predicted molar refractivity (Wildman–Crippen MR) is 65.4 cm³/mol. The minimum Gasteiger partial charge on any atom is -0.550 e. The van der Waals surface area contributed by atoms with Gasteiger partial charge >= 0.3 is 0 Å². The molecule has 0 atom stereocenters. The van der Waals surface area contributed by atoms with Crippen molar-refractivity contribution in [3.8, 4) is 6.07 Å². The molecule has 94 valence electrons. The minimum absolute atomic E-state index is 0.145. The third-order valence-electron chi connectivity index (χ3n) is 2.36. The van der Waals surface area contributed by atoms with Crippen molar-refractivity contribution in [1.29, 1.82) is 5.26 Å². The van der Waals surface area contributed by atoms with Crippen molar-refractivity contribution in [2.45, 2.75) is 19.8 Å². The van der Waals surface area contributed by atoms with Crippen LogP contribution in [0.3, 0.4) is 0 Å². The number of ether oxygens (including phenoxy) is 1. The SMILES string of the molecule is C/C(=C\c1cccc(C#N)c1)CCCOC(=O)[O-]. The molecule has 0 bridgehead atoms. The van der Waals surface area contributed by atoms with Crippen LogP contribution in [0.15, 0.2) is 29.8 Å². The molecule has 0 amide bonds. The van der Waals surface area contributed by atoms with Crippen LogP contribution in [0.1, 0.15) is 30.9 Å². The molecule has 0 N–H and O–H groups in total. The summed E-state index contributed by atoms with van der Waals surface area (Å²) in [4.78, 5) is 10.0. The van der Waals surface area contributed by atoms with E-state index in [2.05, 4.69) is 10.8 Å². The van der Waals surface area contributed by atoms with Gasteiger partial charge in [-0.15, -0.1) is 0 Å². The summed E-state index contributed by atoms with van der Waals surface area (Å²) in [6.07, 6.45) is 1.84. The van der Waals surface area contributed by atoms with Gasteiger partial charge in [0.15, 0.2) is 0 Å². The smallest absolute Gasteiger partial charge is 0.251 e. The Kier molecular flexibility index (Phi) is 5.46. The lowest BCUT2D eigenvalue weighted by Crippen LogP contribution is -2.23. The average Bonchev–Trinajstić information content (AvgIpc) is 2.34. The van der Waals surface area contributed by atoms with E-state index < -0.39 is 6.16 Å². The van der Waals surface area contributed by atoms with E-state index >= 15 is 0 Å². The second kappa shape index (κ2) is 7.13. The molecule has 0 saturated heterocycles. The first-order chi connectivity index (χ1) is 8.61. The number of rotatable bonds is 5. The molecule has 0 fully saturated rings. The van der Waals surface area contributed by atoms with Crippen LogP contribution in [0.4, 0.5) is 4.79 Å². The van der Waals surface area contributed by atoms with Gasteiger partial charge in [-0.1, -0.05) is 23.8 Å². The highest BCUT2D eigenvalue weighted by Crippen LogP contribution is 2.12. The highest BCUT2D eigenvalue weighted by Gasteiger charge is 1.95. The lowest BCUT2D eigenvalue weighted by molar-refractivity contribution is -0.282. The molecule has 0 saturated carbocycles. The molecule has 0 aromatic heterocycles. The summed E-state index contributed by atoms with van der Waals surface area (Å²) in [6, 6.07) is 9.39. The monoisotopic (exact) mass is 244 g/mol. The largest absolute Gasteiger partial charge is 0.550 e. The molecule has 18 heavy (non-hydrogen) atoms. The summed E-state index contributed by atoms with van der Waals surface area (Å²) in [5.74, 6) is 0. The van der Waals surface area contributed by atoms with E-state index in [1.807, 2.05) is 25.1 Å². The lowest BCUT2D eigenvalue weighted by Gasteiger charge is -2.07. The van der Waals surface area contributed by atoms with E-state index in [-0.39, 0.29) is 6.61 Å². The van der Waals surface area contributed by atoms with Crippen molar-refractivity contribution in [2.24, 2.45) is 0 Å². The topological polar surface area (TPSA) is 73.1 Å². The fourth-order valence-corrected chi connectivity index (χ4v) is 1.56. The molecular weight excluding hydrogens is 230 g/mol. The van der Waals surface area contributed by atoms with Gasteiger partial charge < -0.3 is 14.6 Å². The van der Waals surface area contributed by atoms with Crippen LogP contribution in [0, 0.1) is 11.3 Å². The Morgan fingerprint density at radius 3 is 3.00 bits per heavy atom. The van der Waals surface area contributed by atoms with E-state index in [4.69, 9.17) is 5.26 Å². The van der Waals surface area contributed by atoms with E-state index in [1.54, 1.807) is 12.1 Å². The number of benzene rings is 1. The van der Waals surface area contributed by atoms with Crippen LogP contribution < -0.4 is 5.11 Å². The summed E-state index contributed by atoms with van der Waals surface area (Å²) < 4.78 is 4.31. The molecule has 4 nitrogen and oxygen atoms in total. The third-order valence-corrected chi connectivity index (χ3v) is 2.36. The maximum absolute atomic E-state index is 10.0. The Balaban J connectivity index is 2.49. The number of nitrogens with zero attached hydrogens (tertiary/aromatic N) is 1. The normalized spacial score (nSPS) is 10.8. The van der Waals surface area contributed by atoms with Crippen molar-refractivity contribution in [2.75, 3.05) is 6.61 Å². The lowest BCUT2D eigenvalue weighted by atomic mass is 10.1. The van der Waals surface area contributed by atoms with Crippen molar-refractivity contribution in [3.63, 3.8) is 0 Å². The Hall–Kier alpha value is -2.28. The van der Waals surface area contributed by atoms with Gasteiger partial charge in [0, 0.05) is 6.61 Å². The Bertz CT molecular complexity index is 486. The quantitative estimate of drug-likeness (QED) is 0.587. The summed E-state index contributed by atoms with van der Waals surface area (Å²) in [6.45, 7) is 2.10. The fourth-order valence-electron chi connectivity index (χ4n) is 1.56. The van der Waals surface area contributed by atoms with Crippen LogP contribution >= 0.6 is 0 Å². The van der Waals surface area contributed by atoms with Gasteiger partial charge in [0.2, 0.25) is 0 Å². The average molecular weight is 244 g/mol. The number of carbonyl (C=O) groups is 1. The van der Waals surface area contributed by atoms with Gasteiger partial charge in [0.1, 0.15) is 0 Å². The highest BCUT2D eigenvalue weighted by molar-refractivity contribution is 5.55. The van der Waals surface area contributed by atoms with Gasteiger partial charge in [0.25, 0.3) is 6.16 Å². The number of carboxylic acid groups (broad SMARTS) is 1. The second-order valence-corrected chi connectivity index (χ2v) is 3.93. The summed E-state index contributed by atoms with van der Waals surface area (Å²) in [5.41, 5.74) is 2.69. The van der Waals surface area contributed by atoms with Gasteiger partial charge in [-0.05, 0) is 37.5 Å². The van der Waals surface area contributed by atoms with Crippen molar-refractivity contribution < 1.29 is 14.6 Å². The van der Waals surface area contributed by atoms with Gasteiger partial charge in [-0.25, -0.2) is 0 Å². The van der Waals surface area contributed by atoms with Gasteiger partial charge in [-0.2, -0.15) is 5.26 Å². The maximum atomic E-state index is 10.0. The molecule has 4 heteroatoms. The molecule has 1 aromatic carbocycles. The molecule has 1 rings (SSSR count).